The predicted molar refractivity (Wildman–Crippen MR) is 58.1 cm³/mol. The summed E-state index contributed by atoms with van der Waals surface area (Å²) in [4.78, 5) is 0. The third-order valence-electron chi connectivity index (χ3n) is 2.64. The Morgan fingerprint density at radius 2 is 1.87 bits per heavy atom. The molecule has 0 saturated carbocycles. The molecule has 0 bridgehead atoms. The van der Waals surface area contributed by atoms with E-state index in [-0.39, 0.29) is 11.5 Å². The molecule has 84 valence electrons. The van der Waals surface area contributed by atoms with Gasteiger partial charge in [0.2, 0.25) is 0 Å². The average Bonchev–Trinajstić information content (AvgIpc) is 2.20. The van der Waals surface area contributed by atoms with Crippen molar-refractivity contribution in [1.29, 1.82) is 0 Å². The van der Waals surface area contributed by atoms with Crippen LogP contribution in [0.2, 0.25) is 0 Å². The molecule has 0 aliphatic heterocycles. The number of phenolic OH excluding ortho intramolecular Hbond substituents is 2. The lowest BCUT2D eigenvalue weighted by Crippen LogP contribution is -2.17. The van der Waals surface area contributed by atoms with Crippen molar-refractivity contribution in [2.24, 2.45) is 0 Å². The van der Waals surface area contributed by atoms with E-state index in [2.05, 4.69) is 5.32 Å². The van der Waals surface area contributed by atoms with Crippen LogP contribution in [0.25, 0.3) is 0 Å². The van der Waals surface area contributed by atoms with Crippen molar-refractivity contribution < 1.29 is 15.3 Å². The lowest BCUT2D eigenvalue weighted by molar-refractivity contribution is 0.176. The first-order valence-corrected chi connectivity index (χ1v) is 4.83. The van der Waals surface area contributed by atoms with E-state index in [1.165, 1.54) is 6.07 Å². The Labute approximate surface area is 89.2 Å². The minimum atomic E-state index is -0.680. The minimum Gasteiger partial charge on any atom is -0.504 e. The van der Waals surface area contributed by atoms with Crippen molar-refractivity contribution in [3.63, 3.8) is 0 Å². The normalized spacial score (nSPS) is 12.8. The van der Waals surface area contributed by atoms with Gasteiger partial charge in [0, 0.05) is 6.54 Å². The van der Waals surface area contributed by atoms with Crippen LogP contribution < -0.4 is 5.32 Å². The van der Waals surface area contributed by atoms with E-state index in [0.29, 0.717) is 17.7 Å². The highest BCUT2D eigenvalue weighted by atomic mass is 16.3. The molecule has 1 aromatic rings. The van der Waals surface area contributed by atoms with Crippen LogP contribution in [0, 0.1) is 13.8 Å². The first-order valence-electron chi connectivity index (χ1n) is 4.83. The molecule has 1 rings (SSSR count). The van der Waals surface area contributed by atoms with E-state index < -0.39 is 6.10 Å². The Hall–Kier alpha value is -1.26. The number of hydrogen-bond donors (Lipinski definition) is 4. The molecule has 1 atom stereocenters. The number of phenols is 2. The fraction of sp³-hybridized carbons (Fsp3) is 0.455. The van der Waals surface area contributed by atoms with Crippen molar-refractivity contribution in [3.8, 4) is 11.5 Å². The van der Waals surface area contributed by atoms with Gasteiger partial charge in [-0.3, -0.25) is 0 Å². The molecular formula is C11H17NO3. The maximum Gasteiger partial charge on any atom is 0.160 e. The Kier molecular flexibility index (Phi) is 3.55. The maximum atomic E-state index is 9.79. The fourth-order valence-electron chi connectivity index (χ4n) is 1.56. The van der Waals surface area contributed by atoms with Crippen molar-refractivity contribution in [2.45, 2.75) is 20.0 Å². The third-order valence-corrected chi connectivity index (χ3v) is 2.64. The molecule has 0 amide bonds. The number of aliphatic hydroxyl groups is 1. The summed E-state index contributed by atoms with van der Waals surface area (Å²) in [6.07, 6.45) is -0.680. The van der Waals surface area contributed by atoms with Gasteiger partial charge < -0.3 is 20.6 Å². The molecule has 1 unspecified atom stereocenters. The minimum absolute atomic E-state index is 0.118. The van der Waals surface area contributed by atoms with E-state index in [4.69, 9.17) is 0 Å². The van der Waals surface area contributed by atoms with Gasteiger partial charge in [-0.25, -0.2) is 0 Å². The molecule has 4 nitrogen and oxygen atoms in total. The summed E-state index contributed by atoms with van der Waals surface area (Å²) in [5, 5.41) is 31.6. The van der Waals surface area contributed by atoms with Crippen LogP contribution in [-0.2, 0) is 0 Å². The second kappa shape index (κ2) is 4.51. The number of rotatable bonds is 3. The summed E-state index contributed by atoms with van der Waals surface area (Å²) < 4.78 is 0. The lowest BCUT2D eigenvalue weighted by Gasteiger charge is -2.16. The largest absolute Gasteiger partial charge is 0.504 e. The van der Waals surface area contributed by atoms with Crippen LogP contribution in [0.15, 0.2) is 6.07 Å². The molecule has 1 aromatic carbocycles. The van der Waals surface area contributed by atoms with Crippen molar-refractivity contribution >= 4 is 0 Å². The predicted octanol–water partition coefficient (Wildman–Crippen LogP) is 0.967. The molecule has 0 heterocycles. The number of benzene rings is 1. The first kappa shape index (κ1) is 11.8. The van der Waals surface area contributed by atoms with E-state index in [1.54, 1.807) is 14.0 Å². The van der Waals surface area contributed by atoms with Crippen LogP contribution in [0.5, 0.6) is 11.5 Å². The Balaban J connectivity index is 3.19. The maximum absolute atomic E-state index is 9.79. The van der Waals surface area contributed by atoms with Crippen molar-refractivity contribution in [1.82, 2.24) is 5.32 Å². The van der Waals surface area contributed by atoms with E-state index in [1.807, 2.05) is 6.92 Å². The van der Waals surface area contributed by atoms with Gasteiger partial charge in [-0.1, -0.05) is 0 Å². The SMILES string of the molecule is CNCC(O)c1cc(O)c(O)c(C)c1C. The van der Waals surface area contributed by atoms with Crippen LogP contribution >= 0.6 is 0 Å². The lowest BCUT2D eigenvalue weighted by atomic mass is 9.97. The topological polar surface area (TPSA) is 72.7 Å². The second-order valence-corrected chi connectivity index (χ2v) is 3.66. The van der Waals surface area contributed by atoms with Gasteiger partial charge in [0.15, 0.2) is 11.5 Å². The Bertz CT molecular complexity index is 363. The molecular weight excluding hydrogens is 194 g/mol. The van der Waals surface area contributed by atoms with Gasteiger partial charge >= 0.3 is 0 Å². The summed E-state index contributed by atoms with van der Waals surface area (Å²) >= 11 is 0. The zero-order valence-electron chi connectivity index (χ0n) is 9.20. The first-order chi connectivity index (χ1) is 6.99. The number of nitrogens with one attached hydrogen (secondary N) is 1. The molecule has 4 heteroatoms. The second-order valence-electron chi connectivity index (χ2n) is 3.66. The van der Waals surface area contributed by atoms with Crippen LogP contribution in [0.4, 0.5) is 0 Å². The van der Waals surface area contributed by atoms with E-state index in [0.717, 1.165) is 5.56 Å². The Morgan fingerprint density at radius 1 is 1.27 bits per heavy atom. The monoisotopic (exact) mass is 211 g/mol. The van der Waals surface area contributed by atoms with E-state index >= 15 is 0 Å². The van der Waals surface area contributed by atoms with E-state index in [9.17, 15) is 15.3 Å². The molecule has 0 fully saturated rings. The van der Waals surface area contributed by atoms with Crippen LogP contribution in [-0.4, -0.2) is 28.9 Å². The third kappa shape index (κ3) is 2.22. The molecule has 4 N–H and O–H groups in total. The molecule has 0 aliphatic rings. The van der Waals surface area contributed by atoms with Gasteiger partial charge in [-0.15, -0.1) is 0 Å². The fourth-order valence-corrected chi connectivity index (χ4v) is 1.56. The number of aliphatic hydroxyl groups excluding tert-OH is 1. The molecule has 0 aliphatic carbocycles. The molecule has 15 heavy (non-hydrogen) atoms. The molecule has 0 saturated heterocycles. The number of likely N-dealkylation sites (N-methyl/N-ethyl adjacent to an activating group) is 1. The van der Waals surface area contributed by atoms with Gasteiger partial charge in [0.1, 0.15) is 0 Å². The number of aromatic hydroxyl groups is 2. The van der Waals surface area contributed by atoms with Crippen molar-refractivity contribution in [2.75, 3.05) is 13.6 Å². The smallest absolute Gasteiger partial charge is 0.160 e. The quantitative estimate of drug-likeness (QED) is 0.562. The van der Waals surface area contributed by atoms with Gasteiger partial charge in [-0.05, 0) is 43.7 Å². The van der Waals surface area contributed by atoms with Gasteiger partial charge in [0.25, 0.3) is 0 Å². The summed E-state index contributed by atoms with van der Waals surface area (Å²) in [5.41, 5.74) is 2.03. The number of hydrogen-bond acceptors (Lipinski definition) is 4. The molecule has 0 spiro atoms. The zero-order valence-corrected chi connectivity index (χ0v) is 9.20. The zero-order chi connectivity index (χ0) is 11.6. The highest BCUT2D eigenvalue weighted by Gasteiger charge is 2.16. The summed E-state index contributed by atoms with van der Waals surface area (Å²) in [6.45, 7) is 3.92. The van der Waals surface area contributed by atoms with Crippen LogP contribution in [0.3, 0.4) is 0 Å². The van der Waals surface area contributed by atoms with Gasteiger partial charge in [0.05, 0.1) is 6.10 Å². The highest BCUT2D eigenvalue weighted by molar-refractivity contribution is 5.52. The highest BCUT2D eigenvalue weighted by Crippen LogP contribution is 2.35. The Morgan fingerprint density at radius 3 is 2.40 bits per heavy atom. The van der Waals surface area contributed by atoms with Gasteiger partial charge in [-0.2, -0.15) is 0 Å². The molecule has 0 aromatic heterocycles. The van der Waals surface area contributed by atoms with Crippen LogP contribution in [0.1, 0.15) is 22.8 Å². The summed E-state index contributed by atoms with van der Waals surface area (Å²) in [5.74, 6) is -0.309. The average molecular weight is 211 g/mol. The summed E-state index contributed by atoms with van der Waals surface area (Å²) in [7, 11) is 1.74. The molecule has 0 radical (unpaired) electrons. The standard InChI is InChI=1S/C11H17NO3/c1-6-7(2)11(15)9(13)4-8(6)10(14)5-12-3/h4,10,12-15H,5H2,1-3H3. The van der Waals surface area contributed by atoms with Crippen molar-refractivity contribution in [3.05, 3.63) is 22.8 Å². The summed E-state index contributed by atoms with van der Waals surface area (Å²) in [6, 6.07) is 1.40.